The van der Waals surface area contributed by atoms with E-state index in [1.54, 1.807) is 0 Å². The van der Waals surface area contributed by atoms with E-state index in [0.29, 0.717) is 22.7 Å². The minimum atomic E-state index is -0.717. The van der Waals surface area contributed by atoms with Crippen LogP contribution in [0.4, 0.5) is 5.00 Å². The molecule has 0 bridgehead atoms. The third-order valence-corrected chi connectivity index (χ3v) is 5.49. The SMILES string of the molecule is Cc1cc(NC(=O)C2CC2)sc1C(=O)NC1(C#N)CCCC1. The monoisotopic (exact) mass is 317 g/mol. The first-order chi connectivity index (χ1) is 10.5. The largest absolute Gasteiger partial charge is 0.333 e. The highest BCUT2D eigenvalue weighted by Crippen LogP contribution is 2.34. The minimum absolute atomic E-state index is 0.0393. The van der Waals surface area contributed by atoms with E-state index >= 15 is 0 Å². The Morgan fingerprint density at radius 2 is 2.05 bits per heavy atom. The summed E-state index contributed by atoms with van der Waals surface area (Å²) in [4.78, 5) is 24.8. The quantitative estimate of drug-likeness (QED) is 0.895. The van der Waals surface area contributed by atoms with Crippen molar-refractivity contribution in [1.29, 1.82) is 5.26 Å². The summed E-state index contributed by atoms with van der Waals surface area (Å²) in [6.45, 7) is 1.85. The molecular weight excluding hydrogens is 298 g/mol. The van der Waals surface area contributed by atoms with Gasteiger partial charge in [-0.2, -0.15) is 5.26 Å². The average Bonchev–Trinajstić information content (AvgIpc) is 3.14. The van der Waals surface area contributed by atoms with E-state index in [1.165, 1.54) is 11.3 Å². The molecule has 0 radical (unpaired) electrons. The predicted molar refractivity (Wildman–Crippen MR) is 84.7 cm³/mol. The molecule has 1 heterocycles. The van der Waals surface area contributed by atoms with Crippen molar-refractivity contribution in [3.63, 3.8) is 0 Å². The molecule has 1 aromatic rings. The van der Waals surface area contributed by atoms with Crippen LogP contribution >= 0.6 is 11.3 Å². The van der Waals surface area contributed by atoms with Gasteiger partial charge in [-0.3, -0.25) is 9.59 Å². The van der Waals surface area contributed by atoms with Crippen molar-refractivity contribution in [2.75, 3.05) is 5.32 Å². The number of anilines is 1. The van der Waals surface area contributed by atoms with Crippen LogP contribution in [0.3, 0.4) is 0 Å². The van der Waals surface area contributed by atoms with E-state index in [-0.39, 0.29) is 17.7 Å². The summed E-state index contributed by atoms with van der Waals surface area (Å²) in [7, 11) is 0. The molecule has 0 atom stereocenters. The fraction of sp³-hybridized carbons (Fsp3) is 0.562. The Bertz CT molecular complexity index is 649. The zero-order chi connectivity index (χ0) is 15.7. The number of rotatable bonds is 4. The number of thiophene rings is 1. The van der Waals surface area contributed by atoms with E-state index in [0.717, 1.165) is 31.2 Å². The summed E-state index contributed by atoms with van der Waals surface area (Å²) in [6.07, 6.45) is 5.28. The molecule has 0 spiro atoms. The smallest absolute Gasteiger partial charge is 0.262 e. The number of hydrogen-bond donors (Lipinski definition) is 2. The lowest BCUT2D eigenvalue weighted by Crippen LogP contribution is -2.45. The van der Waals surface area contributed by atoms with Crippen LogP contribution in [-0.4, -0.2) is 17.4 Å². The first-order valence-corrected chi connectivity index (χ1v) is 8.50. The standard InChI is InChI=1S/C16H19N3O2S/c1-10-8-12(18-14(20)11-4-5-11)22-13(10)15(21)19-16(9-17)6-2-3-7-16/h8,11H,2-7H2,1H3,(H,18,20)(H,19,21). The summed E-state index contributed by atoms with van der Waals surface area (Å²) < 4.78 is 0. The van der Waals surface area contributed by atoms with Gasteiger partial charge in [-0.15, -0.1) is 11.3 Å². The van der Waals surface area contributed by atoms with E-state index in [1.807, 2.05) is 13.0 Å². The maximum Gasteiger partial charge on any atom is 0.262 e. The van der Waals surface area contributed by atoms with Crippen molar-refractivity contribution in [3.05, 3.63) is 16.5 Å². The molecule has 2 aliphatic carbocycles. The van der Waals surface area contributed by atoms with Crippen molar-refractivity contribution in [2.45, 2.75) is 51.0 Å². The van der Waals surface area contributed by atoms with Crippen molar-refractivity contribution in [2.24, 2.45) is 5.92 Å². The summed E-state index contributed by atoms with van der Waals surface area (Å²) in [5, 5.41) is 15.8. The first kappa shape index (κ1) is 15.0. The molecular formula is C16H19N3O2S. The van der Waals surface area contributed by atoms with Gasteiger partial charge in [-0.05, 0) is 57.1 Å². The van der Waals surface area contributed by atoms with Crippen molar-refractivity contribution in [1.82, 2.24) is 5.32 Å². The van der Waals surface area contributed by atoms with E-state index in [2.05, 4.69) is 16.7 Å². The van der Waals surface area contributed by atoms with Crippen LogP contribution in [0.15, 0.2) is 6.07 Å². The predicted octanol–water partition coefficient (Wildman–Crippen LogP) is 2.97. The average molecular weight is 317 g/mol. The van der Waals surface area contributed by atoms with Crippen LogP contribution in [0, 0.1) is 24.2 Å². The zero-order valence-corrected chi connectivity index (χ0v) is 13.4. The topological polar surface area (TPSA) is 82.0 Å². The highest BCUT2D eigenvalue weighted by atomic mass is 32.1. The lowest BCUT2D eigenvalue weighted by Gasteiger charge is -2.21. The maximum absolute atomic E-state index is 12.5. The van der Waals surface area contributed by atoms with Crippen molar-refractivity contribution < 1.29 is 9.59 Å². The van der Waals surface area contributed by atoms with Gasteiger partial charge in [0.25, 0.3) is 5.91 Å². The number of hydrogen-bond acceptors (Lipinski definition) is 4. The molecule has 22 heavy (non-hydrogen) atoms. The zero-order valence-electron chi connectivity index (χ0n) is 12.6. The number of nitriles is 1. The third kappa shape index (κ3) is 3.00. The Hall–Kier alpha value is -1.87. The van der Waals surface area contributed by atoms with Gasteiger partial charge in [-0.1, -0.05) is 0 Å². The number of nitrogens with zero attached hydrogens (tertiary/aromatic N) is 1. The number of aryl methyl sites for hydroxylation is 1. The van der Waals surface area contributed by atoms with Crippen LogP contribution in [0.1, 0.15) is 53.8 Å². The highest BCUT2D eigenvalue weighted by molar-refractivity contribution is 7.18. The van der Waals surface area contributed by atoms with Gasteiger partial charge in [-0.25, -0.2) is 0 Å². The summed E-state index contributed by atoms with van der Waals surface area (Å²) in [6, 6.07) is 4.09. The molecule has 6 heteroatoms. The molecule has 0 unspecified atom stereocenters. The van der Waals surface area contributed by atoms with Gasteiger partial charge in [0.1, 0.15) is 5.54 Å². The van der Waals surface area contributed by atoms with Crippen LogP contribution in [-0.2, 0) is 4.79 Å². The molecule has 2 N–H and O–H groups in total. The number of amides is 2. The van der Waals surface area contributed by atoms with Crippen LogP contribution in [0.5, 0.6) is 0 Å². The Morgan fingerprint density at radius 1 is 1.36 bits per heavy atom. The van der Waals surface area contributed by atoms with Gasteiger partial charge in [0.15, 0.2) is 0 Å². The summed E-state index contributed by atoms with van der Waals surface area (Å²) in [5.41, 5.74) is 0.116. The Labute approximate surface area is 133 Å². The third-order valence-electron chi connectivity index (χ3n) is 4.34. The van der Waals surface area contributed by atoms with E-state index < -0.39 is 5.54 Å². The Morgan fingerprint density at radius 3 is 2.64 bits per heavy atom. The molecule has 116 valence electrons. The molecule has 1 aromatic heterocycles. The molecule has 2 saturated carbocycles. The van der Waals surface area contributed by atoms with Gasteiger partial charge in [0, 0.05) is 5.92 Å². The molecule has 0 saturated heterocycles. The fourth-order valence-electron chi connectivity index (χ4n) is 2.86. The van der Waals surface area contributed by atoms with E-state index in [4.69, 9.17) is 0 Å². The second kappa shape index (κ2) is 5.73. The van der Waals surface area contributed by atoms with Crippen LogP contribution in [0.2, 0.25) is 0 Å². The lowest BCUT2D eigenvalue weighted by atomic mass is 10.00. The second-order valence-corrected chi connectivity index (χ2v) is 7.29. The molecule has 5 nitrogen and oxygen atoms in total. The molecule has 0 aliphatic heterocycles. The first-order valence-electron chi connectivity index (χ1n) is 7.68. The molecule has 2 fully saturated rings. The van der Waals surface area contributed by atoms with Crippen LogP contribution in [0.25, 0.3) is 0 Å². The van der Waals surface area contributed by atoms with Gasteiger partial charge < -0.3 is 10.6 Å². The minimum Gasteiger partial charge on any atom is -0.333 e. The van der Waals surface area contributed by atoms with Gasteiger partial charge in [0.2, 0.25) is 5.91 Å². The normalized spacial score (nSPS) is 19.5. The molecule has 2 amide bonds. The molecule has 0 aromatic carbocycles. The Balaban J connectivity index is 1.71. The van der Waals surface area contributed by atoms with E-state index in [9.17, 15) is 14.9 Å². The second-order valence-electron chi connectivity index (χ2n) is 6.24. The van der Waals surface area contributed by atoms with Gasteiger partial charge >= 0.3 is 0 Å². The molecule has 2 aliphatic rings. The fourth-order valence-corrected chi connectivity index (χ4v) is 3.83. The van der Waals surface area contributed by atoms with Gasteiger partial charge in [0.05, 0.1) is 15.9 Å². The summed E-state index contributed by atoms with van der Waals surface area (Å²) in [5.74, 6) is -0.0320. The number of carbonyl (C=O) groups excluding carboxylic acids is 2. The van der Waals surface area contributed by atoms with Crippen LogP contribution < -0.4 is 10.6 Å². The molecule has 3 rings (SSSR count). The highest BCUT2D eigenvalue weighted by Gasteiger charge is 2.36. The maximum atomic E-state index is 12.5. The Kier molecular flexibility index (Phi) is 3.92. The van der Waals surface area contributed by atoms with Crippen molar-refractivity contribution in [3.8, 4) is 6.07 Å². The summed E-state index contributed by atoms with van der Waals surface area (Å²) >= 11 is 1.28. The lowest BCUT2D eigenvalue weighted by molar-refractivity contribution is -0.117. The number of nitrogens with one attached hydrogen (secondary N) is 2. The van der Waals surface area contributed by atoms with Crippen molar-refractivity contribution >= 4 is 28.2 Å². The number of carbonyl (C=O) groups is 2.